The molecule has 0 atom stereocenters. The Bertz CT molecular complexity index is 548. The maximum atomic E-state index is 12.6. The summed E-state index contributed by atoms with van der Waals surface area (Å²) in [6.07, 6.45) is 0.405. The molecule has 9 heteroatoms. The van der Waals surface area contributed by atoms with Gasteiger partial charge in [0.1, 0.15) is 0 Å². The fraction of sp³-hybridized carbons (Fsp3) is 0.733. The molecule has 2 aliphatic heterocycles. The molecule has 1 aromatic heterocycles. The van der Waals surface area contributed by atoms with E-state index in [0.717, 1.165) is 31.7 Å². The molecule has 2 aliphatic rings. The van der Waals surface area contributed by atoms with Gasteiger partial charge in [-0.15, -0.1) is 24.8 Å². The molecule has 0 amide bonds. The van der Waals surface area contributed by atoms with Crippen LogP contribution in [0.25, 0.3) is 0 Å². The zero-order valence-corrected chi connectivity index (χ0v) is 15.2. The van der Waals surface area contributed by atoms with Crippen LogP contribution in [0.3, 0.4) is 0 Å². The first-order valence-corrected chi connectivity index (χ1v) is 7.71. The van der Waals surface area contributed by atoms with E-state index in [1.54, 1.807) is 6.92 Å². The Hall–Kier alpha value is -0.630. The number of alkyl halides is 3. The number of aromatic nitrogens is 2. The summed E-state index contributed by atoms with van der Waals surface area (Å²) in [7, 11) is 0. The number of hydrogen-bond acceptors (Lipinski definition) is 4. The first kappa shape index (κ1) is 21.4. The van der Waals surface area contributed by atoms with Crippen LogP contribution in [0.5, 0.6) is 0 Å². The molecule has 0 unspecified atom stereocenters. The van der Waals surface area contributed by atoms with Gasteiger partial charge in [0.05, 0.1) is 0 Å². The van der Waals surface area contributed by atoms with Crippen molar-refractivity contribution in [3.63, 3.8) is 0 Å². The topological polar surface area (TPSA) is 41.1 Å². The molecule has 0 saturated carbocycles. The molecule has 0 aromatic carbocycles. The van der Waals surface area contributed by atoms with Gasteiger partial charge in [0.15, 0.2) is 0 Å². The van der Waals surface area contributed by atoms with Gasteiger partial charge < -0.3 is 5.32 Å². The fourth-order valence-corrected chi connectivity index (χ4v) is 3.55. The van der Waals surface area contributed by atoms with Crippen LogP contribution >= 0.6 is 24.8 Å². The Morgan fingerprint density at radius 1 is 1.21 bits per heavy atom. The minimum atomic E-state index is -4.48. The van der Waals surface area contributed by atoms with Crippen molar-refractivity contribution in [3.8, 4) is 0 Å². The second kappa shape index (κ2) is 8.17. The molecule has 2 fully saturated rings. The zero-order valence-electron chi connectivity index (χ0n) is 13.5. The van der Waals surface area contributed by atoms with Crippen LogP contribution in [0.4, 0.5) is 13.2 Å². The largest absolute Gasteiger partial charge is 0.451 e. The summed E-state index contributed by atoms with van der Waals surface area (Å²) < 4.78 is 37.8. The SMILES string of the molecule is Cc1nc(C(F)(F)F)ncc1CN1CCC2(CCNCC2)C1.Cl.Cl. The van der Waals surface area contributed by atoms with Gasteiger partial charge in [0.25, 0.3) is 0 Å². The Balaban J connectivity index is 0.00000144. The zero-order chi connectivity index (χ0) is 15.8. The average Bonchev–Trinajstić information content (AvgIpc) is 2.83. The van der Waals surface area contributed by atoms with E-state index in [9.17, 15) is 13.2 Å². The van der Waals surface area contributed by atoms with Gasteiger partial charge in [-0.05, 0) is 51.2 Å². The lowest BCUT2D eigenvalue weighted by Crippen LogP contribution is -2.38. The number of likely N-dealkylation sites (tertiary alicyclic amines) is 1. The van der Waals surface area contributed by atoms with Crippen molar-refractivity contribution in [2.75, 3.05) is 26.2 Å². The average molecular weight is 387 g/mol. The minimum Gasteiger partial charge on any atom is -0.317 e. The highest BCUT2D eigenvalue weighted by molar-refractivity contribution is 5.85. The first-order chi connectivity index (χ1) is 10.4. The predicted octanol–water partition coefficient (Wildman–Crippen LogP) is 3.22. The molecule has 0 radical (unpaired) electrons. The van der Waals surface area contributed by atoms with Crippen molar-refractivity contribution in [1.29, 1.82) is 0 Å². The fourth-order valence-electron chi connectivity index (χ4n) is 3.55. The van der Waals surface area contributed by atoms with Crippen molar-refractivity contribution in [2.24, 2.45) is 5.41 Å². The van der Waals surface area contributed by atoms with E-state index in [0.29, 0.717) is 17.7 Å². The Morgan fingerprint density at radius 2 is 1.88 bits per heavy atom. The number of nitrogens with one attached hydrogen (secondary N) is 1. The van der Waals surface area contributed by atoms with Crippen molar-refractivity contribution in [1.82, 2.24) is 20.2 Å². The van der Waals surface area contributed by atoms with E-state index < -0.39 is 12.0 Å². The normalized spacial score (nSPS) is 20.5. The van der Waals surface area contributed by atoms with Crippen LogP contribution in [-0.2, 0) is 12.7 Å². The van der Waals surface area contributed by atoms with E-state index in [4.69, 9.17) is 0 Å². The highest BCUT2D eigenvalue weighted by Crippen LogP contribution is 2.39. The monoisotopic (exact) mass is 386 g/mol. The highest BCUT2D eigenvalue weighted by atomic mass is 35.5. The smallest absolute Gasteiger partial charge is 0.317 e. The summed E-state index contributed by atoms with van der Waals surface area (Å²) >= 11 is 0. The van der Waals surface area contributed by atoms with Crippen LogP contribution in [0.2, 0.25) is 0 Å². The van der Waals surface area contributed by atoms with Crippen LogP contribution in [0.15, 0.2) is 6.20 Å². The van der Waals surface area contributed by atoms with E-state index in [1.807, 2.05) is 0 Å². The molecule has 0 bridgehead atoms. The summed E-state index contributed by atoms with van der Waals surface area (Å²) in [5.41, 5.74) is 1.61. The number of halogens is 5. The summed E-state index contributed by atoms with van der Waals surface area (Å²) in [4.78, 5) is 9.43. The Kier molecular flexibility index (Phi) is 7.29. The van der Waals surface area contributed by atoms with Crippen molar-refractivity contribution in [3.05, 3.63) is 23.3 Å². The van der Waals surface area contributed by atoms with Crippen molar-refractivity contribution in [2.45, 2.75) is 38.9 Å². The molecule has 3 heterocycles. The van der Waals surface area contributed by atoms with E-state index in [1.165, 1.54) is 25.5 Å². The lowest BCUT2D eigenvalue weighted by atomic mass is 9.78. The molecular weight excluding hydrogens is 364 g/mol. The highest BCUT2D eigenvalue weighted by Gasteiger charge is 2.39. The van der Waals surface area contributed by atoms with Crippen LogP contribution in [0.1, 0.15) is 36.3 Å². The summed E-state index contributed by atoms with van der Waals surface area (Å²) in [6, 6.07) is 0. The van der Waals surface area contributed by atoms with Gasteiger partial charge in [0, 0.05) is 30.5 Å². The van der Waals surface area contributed by atoms with Gasteiger partial charge in [0.2, 0.25) is 5.82 Å². The molecule has 2 saturated heterocycles. The molecule has 1 aromatic rings. The molecule has 4 nitrogen and oxygen atoms in total. The Morgan fingerprint density at radius 3 is 2.46 bits per heavy atom. The number of rotatable bonds is 2. The maximum Gasteiger partial charge on any atom is 0.451 e. The predicted molar refractivity (Wildman–Crippen MR) is 90.7 cm³/mol. The number of nitrogens with zero attached hydrogens (tertiary/aromatic N) is 3. The molecule has 24 heavy (non-hydrogen) atoms. The molecule has 1 N–H and O–H groups in total. The van der Waals surface area contributed by atoms with Gasteiger partial charge in [-0.25, -0.2) is 9.97 Å². The lowest BCUT2D eigenvalue weighted by Gasteiger charge is -2.34. The van der Waals surface area contributed by atoms with Gasteiger partial charge in [-0.2, -0.15) is 13.2 Å². The molecule has 0 aliphatic carbocycles. The lowest BCUT2D eigenvalue weighted by molar-refractivity contribution is -0.145. The second-order valence-electron chi connectivity index (χ2n) is 6.51. The summed E-state index contributed by atoms with van der Waals surface area (Å²) in [5.74, 6) is -1.05. The van der Waals surface area contributed by atoms with Crippen LogP contribution in [-0.4, -0.2) is 41.0 Å². The van der Waals surface area contributed by atoms with Gasteiger partial charge in [-0.3, -0.25) is 4.90 Å². The maximum absolute atomic E-state index is 12.6. The number of aryl methyl sites for hydroxylation is 1. The second-order valence-corrected chi connectivity index (χ2v) is 6.51. The number of hydrogen-bond donors (Lipinski definition) is 1. The first-order valence-electron chi connectivity index (χ1n) is 7.71. The molecule has 138 valence electrons. The van der Waals surface area contributed by atoms with E-state index >= 15 is 0 Å². The van der Waals surface area contributed by atoms with Crippen molar-refractivity contribution >= 4 is 24.8 Å². The molecule has 1 spiro atoms. The number of piperidine rings is 1. The molecular formula is C15H23Cl2F3N4. The van der Waals surface area contributed by atoms with Gasteiger partial charge in [-0.1, -0.05) is 0 Å². The third-order valence-electron chi connectivity index (χ3n) is 4.91. The standard InChI is InChI=1S/C15H21F3N4.2ClH/c1-11-12(8-20-13(21-11)15(16,17)18)9-22-7-4-14(10-22)2-5-19-6-3-14;;/h8,19H,2-7,9-10H2,1H3;2*1H. The quantitative estimate of drug-likeness (QED) is 0.846. The summed E-state index contributed by atoms with van der Waals surface area (Å²) in [6.45, 7) is 6.42. The van der Waals surface area contributed by atoms with E-state index in [2.05, 4.69) is 20.2 Å². The summed E-state index contributed by atoms with van der Waals surface area (Å²) in [5, 5.41) is 3.38. The Labute approximate surface area is 152 Å². The van der Waals surface area contributed by atoms with E-state index in [-0.39, 0.29) is 24.8 Å². The molecule has 3 rings (SSSR count). The van der Waals surface area contributed by atoms with Gasteiger partial charge >= 0.3 is 6.18 Å². The van der Waals surface area contributed by atoms with Crippen LogP contribution in [0, 0.1) is 12.3 Å². The third-order valence-corrected chi connectivity index (χ3v) is 4.91. The van der Waals surface area contributed by atoms with Crippen LogP contribution < -0.4 is 5.32 Å². The third kappa shape index (κ3) is 4.71. The minimum absolute atomic E-state index is 0. The van der Waals surface area contributed by atoms with Crippen molar-refractivity contribution < 1.29 is 13.2 Å².